The number of ether oxygens (including phenoxy) is 1. The molecule has 0 saturated carbocycles. The van der Waals surface area contributed by atoms with Gasteiger partial charge in [-0.3, -0.25) is 4.79 Å². The standard InChI is InChI=1S/C9H11BrN2O2/c1-14-6-2-3-7(10)8(4-6)12-5-9(11)13/h2-4,12H,5H2,1H3,(H2,11,13). The third-order valence-electron chi connectivity index (χ3n) is 1.63. The second-order valence-electron chi connectivity index (χ2n) is 2.67. The Morgan fingerprint density at radius 1 is 1.64 bits per heavy atom. The first-order valence-electron chi connectivity index (χ1n) is 3.99. The molecule has 1 aromatic rings. The molecule has 0 atom stereocenters. The highest BCUT2D eigenvalue weighted by Gasteiger charge is 2.02. The van der Waals surface area contributed by atoms with Gasteiger partial charge in [-0.1, -0.05) is 0 Å². The van der Waals surface area contributed by atoms with Crippen molar-refractivity contribution >= 4 is 27.5 Å². The highest BCUT2D eigenvalue weighted by molar-refractivity contribution is 9.10. The zero-order valence-electron chi connectivity index (χ0n) is 7.71. The number of amides is 1. The molecule has 5 heteroatoms. The molecule has 0 radical (unpaired) electrons. The van der Waals surface area contributed by atoms with Crippen LogP contribution in [0, 0.1) is 0 Å². The van der Waals surface area contributed by atoms with E-state index in [1.54, 1.807) is 13.2 Å². The lowest BCUT2D eigenvalue weighted by Gasteiger charge is -2.08. The topological polar surface area (TPSA) is 64.3 Å². The Bertz CT molecular complexity index is 342. The molecule has 14 heavy (non-hydrogen) atoms. The van der Waals surface area contributed by atoms with Gasteiger partial charge in [0, 0.05) is 10.5 Å². The van der Waals surface area contributed by atoms with E-state index >= 15 is 0 Å². The highest BCUT2D eigenvalue weighted by atomic mass is 79.9. The molecular weight excluding hydrogens is 248 g/mol. The molecule has 76 valence electrons. The van der Waals surface area contributed by atoms with E-state index in [2.05, 4.69) is 21.2 Å². The first-order chi connectivity index (χ1) is 6.63. The van der Waals surface area contributed by atoms with Gasteiger partial charge >= 0.3 is 0 Å². The smallest absolute Gasteiger partial charge is 0.236 e. The van der Waals surface area contributed by atoms with Crippen molar-refractivity contribution in [3.05, 3.63) is 22.7 Å². The van der Waals surface area contributed by atoms with E-state index in [0.29, 0.717) is 0 Å². The minimum absolute atomic E-state index is 0.103. The lowest BCUT2D eigenvalue weighted by atomic mass is 10.3. The van der Waals surface area contributed by atoms with Crippen LogP contribution in [0.3, 0.4) is 0 Å². The number of nitrogens with one attached hydrogen (secondary N) is 1. The number of benzene rings is 1. The third-order valence-corrected chi connectivity index (χ3v) is 2.32. The Balaban J connectivity index is 2.78. The first kappa shape index (κ1) is 10.8. The number of methoxy groups -OCH3 is 1. The molecule has 0 fully saturated rings. The van der Waals surface area contributed by atoms with Crippen LogP contribution in [0.5, 0.6) is 5.75 Å². The summed E-state index contributed by atoms with van der Waals surface area (Å²) in [5.41, 5.74) is 5.79. The van der Waals surface area contributed by atoms with Gasteiger partial charge in [0.25, 0.3) is 0 Å². The Labute approximate surface area is 90.6 Å². The lowest BCUT2D eigenvalue weighted by molar-refractivity contribution is -0.116. The molecule has 0 bridgehead atoms. The molecule has 4 nitrogen and oxygen atoms in total. The number of nitrogens with two attached hydrogens (primary N) is 1. The van der Waals surface area contributed by atoms with Crippen molar-refractivity contribution in [2.75, 3.05) is 19.0 Å². The lowest BCUT2D eigenvalue weighted by Crippen LogP contribution is -2.21. The van der Waals surface area contributed by atoms with E-state index < -0.39 is 5.91 Å². The molecule has 0 aliphatic rings. The van der Waals surface area contributed by atoms with Crippen molar-refractivity contribution in [1.29, 1.82) is 0 Å². The van der Waals surface area contributed by atoms with E-state index in [9.17, 15) is 4.79 Å². The molecule has 0 spiro atoms. The molecule has 0 unspecified atom stereocenters. The second-order valence-corrected chi connectivity index (χ2v) is 3.52. The summed E-state index contributed by atoms with van der Waals surface area (Å²) in [4.78, 5) is 10.6. The fraction of sp³-hybridized carbons (Fsp3) is 0.222. The summed E-state index contributed by atoms with van der Waals surface area (Å²) in [6.07, 6.45) is 0. The van der Waals surface area contributed by atoms with Crippen molar-refractivity contribution in [3.8, 4) is 5.75 Å². The Kier molecular flexibility index (Phi) is 3.76. The number of halogens is 1. The molecule has 3 N–H and O–H groups in total. The summed E-state index contributed by atoms with van der Waals surface area (Å²) >= 11 is 3.34. The van der Waals surface area contributed by atoms with E-state index in [-0.39, 0.29) is 6.54 Å². The van der Waals surface area contributed by atoms with E-state index in [1.165, 1.54) is 0 Å². The Morgan fingerprint density at radius 3 is 2.93 bits per heavy atom. The summed E-state index contributed by atoms with van der Waals surface area (Å²) in [7, 11) is 1.58. The fourth-order valence-corrected chi connectivity index (χ4v) is 1.34. The number of anilines is 1. The molecular formula is C9H11BrN2O2. The summed E-state index contributed by atoms with van der Waals surface area (Å²) in [6.45, 7) is 0.103. The number of carbonyl (C=O) groups excluding carboxylic acids is 1. The van der Waals surface area contributed by atoms with Crippen LogP contribution in [0.4, 0.5) is 5.69 Å². The number of hydrogen-bond donors (Lipinski definition) is 2. The molecule has 0 aliphatic carbocycles. The van der Waals surface area contributed by atoms with Gasteiger partial charge < -0.3 is 15.8 Å². The van der Waals surface area contributed by atoms with Crippen LogP contribution in [-0.4, -0.2) is 19.6 Å². The largest absolute Gasteiger partial charge is 0.497 e. The van der Waals surface area contributed by atoms with Crippen LogP contribution >= 0.6 is 15.9 Å². The van der Waals surface area contributed by atoms with Gasteiger partial charge in [-0.05, 0) is 28.1 Å². The van der Waals surface area contributed by atoms with Crippen molar-refractivity contribution in [2.24, 2.45) is 5.73 Å². The first-order valence-corrected chi connectivity index (χ1v) is 4.78. The Hall–Kier alpha value is -1.23. The van der Waals surface area contributed by atoms with Gasteiger partial charge in [0.15, 0.2) is 0 Å². The summed E-state index contributed by atoms with van der Waals surface area (Å²) in [6, 6.07) is 5.44. The fourth-order valence-electron chi connectivity index (χ4n) is 0.949. The zero-order valence-corrected chi connectivity index (χ0v) is 9.30. The van der Waals surface area contributed by atoms with Crippen molar-refractivity contribution in [3.63, 3.8) is 0 Å². The molecule has 1 aromatic carbocycles. The minimum Gasteiger partial charge on any atom is -0.497 e. The molecule has 0 aliphatic heterocycles. The number of hydrogen-bond acceptors (Lipinski definition) is 3. The van der Waals surface area contributed by atoms with Crippen LogP contribution in [0.25, 0.3) is 0 Å². The molecule has 0 saturated heterocycles. The Morgan fingerprint density at radius 2 is 2.36 bits per heavy atom. The predicted octanol–water partition coefficient (Wildman–Crippen LogP) is 1.35. The molecule has 0 aromatic heterocycles. The molecule has 1 amide bonds. The van der Waals surface area contributed by atoms with Gasteiger partial charge in [-0.25, -0.2) is 0 Å². The molecule has 1 rings (SSSR count). The van der Waals surface area contributed by atoms with Gasteiger partial charge in [0.1, 0.15) is 5.75 Å². The number of carbonyl (C=O) groups is 1. The van der Waals surface area contributed by atoms with E-state index in [1.807, 2.05) is 12.1 Å². The SMILES string of the molecule is COc1ccc(Br)c(NCC(N)=O)c1. The van der Waals surface area contributed by atoms with Crippen LogP contribution < -0.4 is 15.8 Å². The van der Waals surface area contributed by atoms with Crippen LogP contribution in [0.15, 0.2) is 22.7 Å². The predicted molar refractivity (Wildman–Crippen MR) is 58.4 cm³/mol. The summed E-state index contributed by atoms with van der Waals surface area (Å²) in [5.74, 6) is 0.319. The normalized spacial score (nSPS) is 9.57. The van der Waals surface area contributed by atoms with Crippen LogP contribution in [-0.2, 0) is 4.79 Å². The highest BCUT2D eigenvalue weighted by Crippen LogP contribution is 2.26. The van der Waals surface area contributed by atoms with Gasteiger partial charge in [0.2, 0.25) is 5.91 Å². The number of primary amides is 1. The summed E-state index contributed by atoms with van der Waals surface area (Å²) in [5, 5.41) is 2.89. The van der Waals surface area contributed by atoms with Gasteiger partial charge in [0.05, 0.1) is 19.3 Å². The second kappa shape index (κ2) is 4.85. The maximum atomic E-state index is 10.6. The average Bonchev–Trinajstić information content (AvgIpc) is 2.16. The quantitative estimate of drug-likeness (QED) is 0.857. The maximum Gasteiger partial charge on any atom is 0.236 e. The third kappa shape index (κ3) is 2.92. The maximum absolute atomic E-state index is 10.6. The average molecular weight is 259 g/mol. The van der Waals surface area contributed by atoms with Gasteiger partial charge in [-0.2, -0.15) is 0 Å². The minimum atomic E-state index is -0.403. The van der Waals surface area contributed by atoms with Crippen molar-refractivity contribution in [2.45, 2.75) is 0 Å². The molecule has 0 heterocycles. The van der Waals surface area contributed by atoms with E-state index in [4.69, 9.17) is 10.5 Å². The van der Waals surface area contributed by atoms with E-state index in [0.717, 1.165) is 15.9 Å². The van der Waals surface area contributed by atoms with Crippen LogP contribution in [0.2, 0.25) is 0 Å². The van der Waals surface area contributed by atoms with Crippen LogP contribution in [0.1, 0.15) is 0 Å². The monoisotopic (exact) mass is 258 g/mol. The summed E-state index contributed by atoms with van der Waals surface area (Å²) < 4.78 is 5.90. The number of rotatable bonds is 4. The van der Waals surface area contributed by atoms with Gasteiger partial charge in [-0.15, -0.1) is 0 Å². The van der Waals surface area contributed by atoms with Crippen molar-refractivity contribution < 1.29 is 9.53 Å². The van der Waals surface area contributed by atoms with Crippen molar-refractivity contribution in [1.82, 2.24) is 0 Å². The zero-order chi connectivity index (χ0) is 10.6.